The first-order valence-electron chi connectivity index (χ1n) is 7.36. The van der Waals surface area contributed by atoms with Crippen molar-refractivity contribution >= 4 is 0 Å². The monoisotopic (exact) mass is 243 g/mol. The van der Waals surface area contributed by atoms with Crippen LogP contribution in [0.25, 0.3) is 0 Å². The van der Waals surface area contributed by atoms with E-state index in [-0.39, 0.29) is 5.60 Å². The van der Waals surface area contributed by atoms with Gasteiger partial charge in [0.1, 0.15) is 0 Å². The van der Waals surface area contributed by atoms with Gasteiger partial charge in [-0.3, -0.25) is 0 Å². The van der Waals surface area contributed by atoms with Crippen LogP contribution in [0.4, 0.5) is 0 Å². The van der Waals surface area contributed by atoms with Crippen molar-refractivity contribution < 1.29 is 4.74 Å². The van der Waals surface area contributed by atoms with E-state index in [0.29, 0.717) is 6.04 Å². The lowest BCUT2D eigenvalue weighted by atomic mass is 9.84. The Morgan fingerprint density at radius 3 is 2.06 bits per heavy atom. The van der Waals surface area contributed by atoms with Gasteiger partial charge in [-0.1, -0.05) is 40.5 Å². The van der Waals surface area contributed by atoms with Gasteiger partial charge in [-0.15, -0.1) is 0 Å². The number of hydrogen-bond donors (Lipinski definition) is 1. The van der Waals surface area contributed by atoms with Crippen molar-refractivity contribution in [3.63, 3.8) is 0 Å². The van der Waals surface area contributed by atoms with E-state index in [9.17, 15) is 0 Å². The van der Waals surface area contributed by atoms with Crippen LogP contribution in [0.15, 0.2) is 0 Å². The van der Waals surface area contributed by atoms with Crippen molar-refractivity contribution in [3.05, 3.63) is 0 Å². The highest BCUT2D eigenvalue weighted by atomic mass is 16.5. The summed E-state index contributed by atoms with van der Waals surface area (Å²) in [5.74, 6) is 0.811. The molecule has 0 radical (unpaired) electrons. The second kappa shape index (κ2) is 8.93. The number of rotatable bonds is 10. The molecular weight excluding hydrogens is 210 g/mol. The molecule has 0 aliphatic heterocycles. The molecule has 0 saturated heterocycles. The molecular formula is C15H33NO. The second-order valence-corrected chi connectivity index (χ2v) is 5.30. The van der Waals surface area contributed by atoms with Gasteiger partial charge in [-0.05, 0) is 38.6 Å². The minimum atomic E-state index is -0.0300. The van der Waals surface area contributed by atoms with Gasteiger partial charge in [0.15, 0.2) is 0 Å². The van der Waals surface area contributed by atoms with Crippen LogP contribution in [0, 0.1) is 5.92 Å². The molecule has 0 aromatic rings. The number of hydrogen-bond acceptors (Lipinski definition) is 2. The van der Waals surface area contributed by atoms with Crippen LogP contribution < -0.4 is 5.32 Å². The van der Waals surface area contributed by atoms with Crippen molar-refractivity contribution in [3.8, 4) is 0 Å². The zero-order valence-electron chi connectivity index (χ0n) is 12.8. The normalized spacial score (nSPS) is 17.1. The summed E-state index contributed by atoms with van der Waals surface area (Å²) in [6, 6.07) is 0.474. The molecule has 17 heavy (non-hydrogen) atoms. The number of ether oxygens (including phenoxy) is 1. The summed E-state index contributed by atoms with van der Waals surface area (Å²) in [4.78, 5) is 0. The van der Waals surface area contributed by atoms with Gasteiger partial charge < -0.3 is 10.1 Å². The lowest BCUT2D eigenvalue weighted by Crippen LogP contribution is -2.50. The first kappa shape index (κ1) is 16.9. The van der Waals surface area contributed by atoms with E-state index in [1.165, 1.54) is 25.7 Å². The molecule has 2 atom stereocenters. The topological polar surface area (TPSA) is 21.3 Å². The minimum absolute atomic E-state index is 0.0300. The maximum atomic E-state index is 5.77. The molecule has 1 N–H and O–H groups in total. The van der Waals surface area contributed by atoms with E-state index in [1.807, 2.05) is 7.11 Å². The van der Waals surface area contributed by atoms with Gasteiger partial charge in [0, 0.05) is 13.2 Å². The molecule has 2 heteroatoms. The summed E-state index contributed by atoms with van der Waals surface area (Å²) in [5, 5.41) is 3.69. The van der Waals surface area contributed by atoms with E-state index in [1.54, 1.807) is 0 Å². The van der Waals surface area contributed by atoms with Crippen LogP contribution >= 0.6 is 0 Å². The Kier molecular flexibility index (Phi) is 8.89. The Balaban J connectivity index is 4.60. The van der Waals surface area contributed by atoms with E-state index >= 15 is 0 Å². The van der Waals surface area contributed by atoms with Crippen molar-refractivity contribution in [2.75, 3.05) is 13.7 Å². The van der Waals surface area contributed by atoms with Crippen LogP contribution in [0.3, 0.4) is 0 Å². The quantitative estimate of drug-likeness (QED) is 0.626. The summed E-state index contributed by atoms with van der Waals surface area (Å²) in [6.07, 6.45) is 6.01. The molecule has 0 aliphatic rings. The largest absolute Gasteiger partial charge is 0.377 e. The fourth-order valence-corrected chi connectivity index (χ4v) is 2.36. The standard InChI is InChI=1S/C15H33NO/c1-7-11-16-14(12-13(8-2)9-3)15(5,10-4)17-6/h13-14,16H,7-12H2,1-6H3. The predicted octanol–water partition coefficient (Wildman–Crippen LogP) is 4.00. The van der Waals surface area contributed by atoms with Gasteiger partial charge in [-0.25, -0.2) is 0 Å². The van der Waals surface area contributed by atoms with Crippen LogP contribution in [0.5, 0.6) is 0 Å². The fourth-order valence-electron chi connectivity index (χ4n) is 2.36. The van der Waals surface area contributed by atoms with Gasteiger partial charge in [0.2, 0.25) is 0 Å². The maximum absolute atomic E-state index is 5.77. The summed E-state index contributed by atoms with van der Waals surface area (Å²) in [5.41, 5.74) is -0.0300. The Labute approximate surface area is 109 Å². The Bertz CT molecular complexity index is 174. The van der Waals surface area contributed by atoms with Crippen LogP contribution in [0.1, 0.15) is 66.7 Å². The number of nitrogens with one attached hydrogen (secondary N) is 1. The van der Waals surface area contributed by atoms with Gasteiger partial charge in [0.25, 0.3) is 0 Å². The highest BCUT2D eigenvalue weighted by Gasteiger charge is 2.33. The van der Waals surface area contributed by atoms with E-state index in [4.69, 9.17) is 4.74 Å². The van der Waals surface area contributed by atoms with Crippen molar-refractivity contribution in [1.82, 2.24) is 5.32 Å². The second-order valence-electron chi connectivity index (χ2n) is 5.30. The third-order valence-corrected chi connectivity index (χ3v) is 4.27. The molecule has 0 saturated carbocycles. The third kappa shape index (κ3) is 5.39. The Morgan fingerprint density at radius 1 is 1.12 bits per heavy atom. The average molecular weight is 243 g/mol. The zero-order valence-corrected chi connectivity index (χ0v) is 12.8. The molecule has 0 bridgehead atoms. The third-order valence-electron chi connectivity index (χ3n) is 4.27. The molecule has 2 nitrogen and oxygen atoms in total. The smallest absolute Gasteiger partial charge is 0.0800 e. The van der Waals surface area contributed by atoms with Crippen molar-refractivity contribution in [1.29, 1.82) is 0 Å². The minimum Gasteiger partial charge on any atom is -0.377 e. The zero-order chi connectivity index (χ0) is 13.3. The summed E-state index contributed by atoms with van der Waals surface area (Å²) in [7, 11) is 1.84. The molecule has 0 aromatic heterocycles. The molecule has 0 aliphatic carbocycles. The first-order chi connectivity index (χ1) is 8.07. The summed E-state index contributed by atoms with van der Waals surface area (Å²) >= 11 is 0. The lowest BCUT2D eigenvalue weighted by molar-refractivity contribution is -0.0353. The van der Waals surface area contributed by atoms with Crippen molar-refractivity contribution in [2.24, 2.45) is 5.92 Å². The lowest BCUT2D eigenvalue weighted by Gasteiger charge is -2.38. The maximum Gasteiger partial charge on any atom is 0.0800 e. The summed E-state index contributed by atoms with van der Waals surface area (Å²) < 4.78 is 5.77. The average Bonchev–Trinajstić information content (AvgIpc) is 2.38. The highest BCUT2D eigenvalue weighted by Crippen LogP contribution is 2.26. The Morgan fingerprint density at radius 2 is 1.71 bits per heavy atom. The van der Waals surface area contributed by atoms with Gasteiger partial charge in [0.05, 0.1) is 5.60 Å². The number of methoxy groups -OCH3 is 1. The Hall–Kier alpha value is -0.0800. The highest BCUT2D eigenvalue weighted by molar-refractivity contribution is 4.89. The molecule has 0 heterocycles. The molecule has 0 aromatic carbocycles. The van der Waals surface area contributed by atoms with Gasteiger partial charge >= 0.3 is 0 Å². The molecule has 0 fully saturated rings. The van der Waals surface area contributed by atoms with E-state index < -0.39 is 0 Å². The SMILES string of the molecule is CCCNC(CC(CC)CC)C(C)(CC)OC. The molecule has 0 rings (SSSR count). The molecule has 104 valence electrons. The fraction of sp³-hybridized carbons (Fsp3) is 1.00. The molecule has 2 unspecified atom stereocenters. The van der Waals surface area contributed by atoms with E-state index in [0.717, 1.165) is 18.9 Å². The van der Waals surface area contributed by atoms with Gasteiger partial charge in [-0.2, -0.15) is 0 Å². The van der Waals surface area contributed by atoms with Crippen molar-refractivity contribution in [2.45, 2.75) is 78.4 Å². The summed E-state index contributed by atoms with van der Waals surface area (Å²) in [6.45, 7) is 12.4. The van der Waals surface area contributed by atoms with E-state index in [2.05, 4.69) is 39.9 Å². The van der Waals surface area contributed by atoms with Crippen LogP contribution in [0.2, 0.25) is 0 Å². The van der Waals surface area contributed by atoms with Crippen LogP contribution in [-0.2, 0) is 4.74 Å². The van der Waals surface area contributed by atoms with Crippen LogP contribution in [-0.4, -0.2) is 25.3 Å². The molecule has 0 spiro atoms. The first-order valence-corrected chi connectivity index (χ1v) is 7.36. The molecule has 0 amide bonds. The predicted molar refractivity (Wildman–Crippen MR) is 76.5 cm³/mol.